The zero-order chi connectivity index (χ0) is 14.8. The van der Waals surface area contributed by atoms with Crippen molar-refractivity contribution in [3.63, 3.8) is 0 Å². The molecule has 1 N–H and O–H groups in total. The van der Waals surface area contributed by atoms with Crippen LogP contribution >= 0.6 is 11.6 Å². The van der Waals surface area contributed by atoms with E-state index in [9.17, 15) is 0 Å². The Morgan fingerprint density at radius 3 is 2.70 bits per heavy atom. The molecule has 0 saturated heterocycles. The van der Waals surface area contributed by atoms with E-state index in [0.29, 0.717) is 11.6 Å². The average molecular weight is 296 g/mol. The minimum Gasteiger partial charge on any atom is -0.458 e. The molecule has 1 aromatic heterocycles. The van der Waals surface area contributed by atoms with E-state index in [2.05, 4.69) is 12.2 Å². The molecule has 0 fully saturated rings. The third-order valence-corrected chi connectivity index (χ3v) is 3.29. The van der Waals surface area contributed by atoms with Crippen LogP contribution in [-0.2, 0) is 4.74 Å². The molecule has 0 aliphatic heterocycles. The van der Waals surface area contributed by atoms with Gasteiger partial charge in [0.1, 0.15) is 5.76 Å². The molecule has 0 bridgehead atoms. The third-order valence-electron chi connectivity index (χ3n) is 2.99. The molecule has 0 aliphatic carbocycles. The van der Waals surface area contributed by atoms with Gasteiger partial charge in [-0.15, -0.1) is 0 Å². The van der Waals surface area contributed by atoms with Gasteiger partial charge in [0.15, 0.2) is 5.58 Å². The minimum atomic E-state index is -0.169. The van der Waals surface area contributed by atoms with Crippen molar-refractivity contribution in [2.45, 2.75) is 39.3 Å². The predicted molar refractivity (Wildman–Crippen MR) is 83.3 cm³/mol. The molecule has 2 aromatic rings. The lowest BCUT2D eigenvalue weighted by atomic mass is 10.1. The highest BCUT2D eigenvalue weighted by Gasteiger charge is 2.20. The van der Waals surface area contributed by atoms with Gasteiger partial charge >= 0.3 is 0 Å². The van der Waals surface area contributed by atoms with Crippen LogP contribution in [0.3, 0.4) is 0 Å². The summed E-state index contributed by atoms with van der Waals surface area (Å²) >= 11 is 6.16. The van der Waals surface area contributed by atoms with E-state index in [0.717, 1.165) is 23.3 Å². The molecule has 1 unspecified atom stereocenters. The second-order valence-corrected chi connectivity index (χ2v) is 6.25. The molecule has 20 heavy (non-hydrogen) atoms. The molecule has 2 rings (SSSR count). The van der Waals surface area contributed by atoms with E-state index < -0.39 is 0 Å². The monoisotopic (exact) mass is 295 g/mol. The van der Waals surface area contributed by atoms with Gasteiger partial charge in [0.25, 0.3) is 0 Å². The average Bonchev–Trinajstić information content (AvgIpc) is 2.78. The first-order valence-corrected chi connectivity index (χ1v) is 7.34. The van der Waals surface area contributed by atoms with Crippen molar-refractivity contribution in [2.75, 3.05) is 13.2 Å². The summed E-state index contributed by atoms with van der Waals surface area (Å²) in [6.45, 7) is 9.62. The molecule has 1 atom stereocenters. The van der Waals surface area contributed by atoms with Crippen LogP contribution in [0.2, 0.25) is 5.02 Å². The first-order chi connectivity index (χ1) is 9.40. The van der Waals surface area contributed by atoms with Gasteiger partial charge < -0.3 is 14.5 Å². The van der Waals surface area contributed by atoms with Gasteiger partial charge in [-0.1, -0.05) is 30.7 Å². The van der Waals surface area contributed by atoms with E-state index in [1.165, 1.54) is 0 Å². The lowest BCUT2D eigenvalue weighted by molar-refractivity contribution is -0.0168. The Labute approximate surface area is 125 Å². The Bertz CT molecular complexity index is 571. The Balaban J connectivity index is 2.24. The molecule has 110 valence electrons. The Kier molecular flexibility index (Phi) is 4.74. The SMILES string of the molecule is CCNC(COC(C)(C)C)c1cc2cccc(Cl)c2o1. The van der Waals surface area contributed by atoms with Crippen LogP contribution in [0.5, 0.6) is 0 Å². The smallest absolute Gasteiger partial charge is 0.152 e. The second kappa shape index (κ2) is 6.17. The topological polar surface area (TPSA) is 34.4 Å². The minimum absolute atomic E-state index is 0.0303. The van der Waals surface area contributed by atoms with Gasteiger partial charge in [-0.25, -0.2) is 0 Å². The molecule has 3 nitrogen and oxygen atoms in total. The van der Waals surface area contributed by atoms with Crippen molar-refractivity contribution in [1.82, 2.24) is 5.32 Å². The molecule has 0 saturated carbocycles. The lowest BCUT2D eigenvalue weighted by Crippen LogP contribution is -2.30. The number of hydrogen-bond donors (Lipinski definition) is 1. The summed E-state index contributed by atoms with van der Waals surface area (Å²) in [6, 6.07) is 7.83. The van der Waals surface area contributed by atoms with Crippen LogP contribution in [-0.4, -0.2) is 18.8 Å². The van der Waals surface area contributed by atoms with Gasteiger partial charge in [-0.05, 0) is 39.4 Å². The van der Waals surface area contributed by atoms with Gasteiger partial charge in [-0.2, -0.15) is 0 Å². The first-order valence-electron chi connectivity index (χ1n) is 6.96. The fourth-order valence-electron chi connectivity index (χ4n) is 2.04. The molecule has 0 amide bonds. The number of para-hydroxylation sites is 1. The summed E-state index contributed by atoms with van der Waals surface area (Å²) in [5.74, 6) is 0.860. The quantitative estimate of drug-likeness (QED) is 0.878. The van der Waals surface area contributed by atoms with Crippen molar-refractivity contribution < 1.29 is 9.15 Å². The van der Waals surface area contributed by atoms with Crippen LogP contribution in [0.15, 0.2) is 28.7 Å². The zero-order valence-corrected chi connectivity index (χ0v) is 13.3. The Hall–Kier alpha value is -1.03. The maximum atomic E-state index is 6.16. The number of rotatable bonds is 5. The first kappa shape index (κ1) is 15.4. The van der Waals surface area contributed by atoms with E-state index in [-0.39, 0.29) is 11.6 Å². The zero-order valence-electron chi connectivity index (χ0n) is 12.5. The second-order valence-electron chi connectivity index (χ2n) is 5.84. The summed E-state index contributed by atoms with van der Waals surface area (Å²) in [5.41, 5.74) is 0.569. The molecule has 1 aromatic carbocycles. The highest BCUT2D eigenvalue weighted by atomic mass is 35.5. The number of furan rings is 1. The summed E-state index contributed by atoms with van der Waals surface area (Å²) in [6.07, 6.45) is 0. The summed E-state index contributed by atoms with van der Waals surface area (Å²) in [7, 11) is 0. The lowest BCUT2D eigenvalue weighted by Gasteiger charge is -2.23. The van der Waals surface area contributed by atoms with Crippen molar-refractivity contribution in [3.8, 4) is 0 Å². The Morgan fingerprint density at radius 2 is 2.10 bits per heavy atom. The third kappa shape index (κ3) is 3.75. The van der Waals surface area contributed by atoms with E-state index in [4.69, 9.17) is 20.8 Å². The maximum absolute atomic E-state index is 6.16. The summed E-state index contributed by atoms with van der Waals surface area (Å²) in [4.78, 5) is 0. The molecule has 1 heterocycles. The van der Waals surface area contributed by atoms with Gasteiger partial charge in [0.05, 0.1) is 23.3 Å². The molecule has 0 aliphatic rings. The predicted octanol–water partition coefficient (Wildman–Crippen LogP) is 4.55. The van der Waals surface area contributed by atoms with Crippen molar-refractivity contribution in [2.24, 2.45) is 0 Å². The largest absolute Gasteiger partial charge is 0.458 e. The van der Waals surface area contributed by atoms with Crippen LogP contribution in [0.25, 0.3) is 11.0 Å². The highest BCUT2D eigenvalue weighted by Crippen LogP contribution is 2.30. The fraction of sp³-hybridized carbons (Fsp3) is 0.500. The standard InChI is InChI=1S/C16H22ClNO2/c1-5-18-13(10-19-16(2,3)4)14-9-11-7-6-8-12(17)15(11)20-14/h6-9,13,18H,5,10H2,1-4H3. The van der Waals surface area contributed by atoms with Gasteiger partial charge in [0, 0.05) is 5.39 Å². The van der Waals surface area contributed by atoms with Crippen LogP contribution in [0, 0.1) is 0 Å². The summed E-state index contributed by atoms with van der Waals surface area (Å²) in [5, 5.41) is 5.05. The van der Waals surface area contributed by atoms with Gasteiger partial charge in [0.2, 0.25) is 0 Å². The van der Waals surface area contributed by atoms with Crippen molar-refractivity contribution in [3.05, 3.63) is 35.0 Å². The van der Waals surface area contributed by atoms with Crippen molar-refractivity contribution >= 4 is 22.6 Å². The van der Waals surface area contributed by atoms with E-state index in [1.807, 2.05) is 45.0 Å². The van der Waals surface area contributed by atoms with Crippen LogP contribution in [0.1, 0.15) is 39.5 Å². The van der Waals surface area contributed by atoms with Crippen LogP contribution < -0.4 is 5.32 Å². The van der Waals surface area contributed by atoms with Crippen molar-refractivity contribution in [1.29, 1.82) is 0 Å². The molecule has 4 heteroatoms. The number of hydrogen-bond acceptors (Lipinski definition) is 3. The molecule has 0 spiro atoms. The number of ether oxygens (including phenoxy) is 1. The Morgan fingerprint density at radius 1 is 1.35 bits per heavy atom. The van der Waals surface area contributed by atoms with E-state index in [1.54, 1.807) is 0 Å². The maximum Gasteiger partial charge on any atom is 0.152 e. The molecular weight excluding hydrogens is 274 g/mol. The van der Waals surface area contributed by atoms with E-state index >= 15 is 0 Å². The number of benzene rings is 1. The number of fused-ring (bicyclic) bond motifs is 1. The highest BCUT2D eigenvalue weighted by molar-refractivity contribution is 6.34. The number of likely N-dealkylation sites (N-methyl/N-ethyl adjacent to an activating group) is 1. The normalized spacial score (nSPS) is 13.8. The van der Waals surface area contributed by atoms with Gasteiger partial charge in [-0.3, -0.25) is 0 Å². The molecule has 0 radical (unpaired) electrons. The molecular formula is C16H22ClNO2. The number of nitrogens with one attached hydrogen (secondary N) is 1. The summed E-state index contributed by atoms with van der Waals surface area (Å²) < 4.78 is 11.8. The fourth-order valence-corrected chi connectivity index (χ4v) is 2.26. The van der Waals surface area contributed by atoms with Crippen LogP contribution in [0.4, 0.5) is 0 Å². The number of halogens is 1.